The van der Waals surface area contributed by atoms with Crippen LogP contribution in [0.15, 0.2) is 18.2 Å². The Morgan fingerprint density at radius 1 is 1.58 bits per heavy atom. The summed E-state index contributed by atoms with van der Waals surface area (Å²) in [6.45, 7) is 6.27. The van der Waals surface area contributed by atoms with Crippen LogP contribution in [0.4, 0.5) is 11.4 Å². The number of ether oxygens (including phenoxy) is 1. The molecule has 1 fully saturated rings. The molecule has 2 rings (SSSR count). The standard InChI is InChI=1S/C14H21N3O2/c1-3-16-14(18)13-9-19-8-7-17(13)12-6-4-5-11(15)10(12)2/h4-6,13H,3,7-9,15H2,1-2H3,(H,16,18). The van der Waals surface area contributed by atoms with Crippen molar-refractivity contribution in [3.63, 3.8) is 0 Å². The van der Waals surface area contributed by atoms with Crippen molar-refractivity contribution >= 4 is 17.3 Å². The van der Waals surface area contributed by atoms with Crippen LogP contribution in [0.1, 0.15) is 12.5 Å². The molecule has 1 saturated heterocycles. The fraction of sp³-hybridized carbons (Fsp3) is 0.500. The molecule has 1 aromatic carbocycles. The van der Waals surface area contributed by atoms with E-state index in [0.717, 1.165) is 16.9 Å². The van der Waals surface area contributed by atoms with Gasteiger partial charge in [0.25, 0.3) is 0 Å². The molecule has 3 N–H and O–H groups in total. The van der Waals surface area contributed by atoms with Gasteiger partial charge in [-0.1, -0.05) is 6.07 Å². The van der Waals surface area contributed by atoms with Crippen LogP contribution in [0.3, 0.4) is 0 Å². The number of nitrogens with zero attached hydrogens (tertiary/aromatic N) is 1. The molecule has 0 spiro atoms. The summed E-state index contributed by atoms with van der Waals surface area (Å²) in [4.78, 5) is 14.2. The van der Waals surface area contributed by atoms with E-state index in [1.54, 1.807) is 0 Å². The zero-order chi connectivity index (χ0) is 13.8. The molecule has 1 amide bonds. The lowest BCUT2D eigenvalue weighted by Gasteiger charge is -2.37. The topological polar surface area (TPSA) is 67.6 Å². The molecule has 104 valence electrons. The van der Waals surface area contributed by atoms with E-state index in [1.807, 2.05) is 32.0 Å². The average Bonchev–Trinajstić information content (AvgIpc) is 2.42. The van der Waals surface area contributed by atoms with Gasteiger partial charge >= 0.3 is 0 Å². The summed E-state index contributed by atoms with van der Waals surface area (Å²) in [6, 6.07) is 5.51. The van der Waals surface area contributed by atoms with Gasteiger partial charge < -0.3 is 20.7 Å². The minimum Gasteiger partial charge on any atom is -0.398 e. The van der Waals surface area contributed by atoms with E-state index >= 15 is 0 Å². The maximum atomic E-state index is 12.1. The summed E-state index contributed by atoms with van der Waals surface area (Å²) in [7, 11) is 0. The van der Waals surface area contributed by atoms with Crippen LogP contribution in [-0.2, 0) is 9.53 Å². The van der Waals surface area contributed by atoms with Crippen LogP contribution < -0.4 is 16.0 Å². The fourth-order valence-electron chi connectivity index (χ4n) is 2.35. The number of hydrogen-bond donors (Lipinski definition) is 2. The van der Waals surface area contributed by atoms with Crippen molar-refractivity contribution in [3.05, 3.63) is 23.8 Å². The number of hydrogen-bond acceptors (Lipinski definition) is 4. The molecule has 5 heteroatoms. The molecule has 1 aliphatic heterocycles. The summed E-state index contributed by atoms with van der Waals surface area (Å²) in [5.41, 5.74) is 8.72. The third kappa shape index (κ3) is 2.81. The number of nitrogen functional groups attached to an aromatic ring is 1. The van der Waals surface area contributed by atoms with Gasteiger partial charge in [0.1, 0.15) is 6.04 Å². The number of rotatable bonds is 3. The summed E-state index contributed by atoms with van der Waals surface area (Å²) in [5, 5.41) is 2.86. The van der Waals surface area contributed by atoms with E-state index in [-0.39, 0.29) is 11.9 Å². The number of anilines is 2. The number of likely N-dealkylation sites (N-methyl/N-ethyl adjacent to an activating group) is 1. The molecular formula is C14H21N3O2. The Bertz CT molecular complexity index is 462. The minimum atomic E-state index is -0.283. The predicted octanol–water partition coefficient (Wildman–Crippen LogP) is 0.919. The Hall–Kier alpha value is -1.75. The minimum absolute atomic E-state index is 0.00373. The van der Waals surface area contributed by atoms with Gasteiger partial charge in [0.2, 0.25) is 5.91 Å². The SMILES string of the molecule is CCNC(=O)C1COCCN1c1cccc(N)c1C. The van der Waals surface area contributed by atoms with E-state index < -0.39 is 0 Å². The van der Waals surface area contributed by atoms with Crippen LogP contribution in [0, 0.1) is 6.92 Å². The van der Waals surface area contributed by atoms with Crippen molar-refractivity contribution < 1.29 is 9.53 Å². The number of morpholine rings is 1. The Morgan fingerprint density at radius 3 is 3.11 bits per heavy atom. The zero-order valence-corrected chi connectivity index (χ0v) is 11.5. The van der Waals surface area contributed by atoms with Crippen LogP contribution >= 0.6 is 0 Å². The van der Waals surface area contributed by atoms with Crippen LogP contribution in [-0.4, -0.2) is 38.3 Å². The van der Waals surface area contributed by atoms with Gasteiger partial charge in [-0.2, -0.15) is 0 Å². The van der Waals surface area contributed by atoms with E-state index in [1.165, 1.54) is 0 Å². The van der Waals surface area contributed by atoms with E-state index in [0.29, 0.717) is 26.3 Å². The molecule has 0 aromatic heterocycles. The molecule has 0 radical (unpaired) electrons. The Kier molecular flexibility index (Phi) is 4.27. The van der Waals surface area contributed by atoms with Crippen molar-refractivity contribution in [2.45, 2.75) is 19.9 Å². The first-order valence-corrected chi connectivity index (χ1v) is 6.62. The highest BCUT2D eigenvalue weighted by Crippen LogP contribution is 2.27. The zero-order valence-electron chi connectivity index (χ0n) is 11.5. The average molecular weight is 263 g/mol. The fourth-order valence-corrected chi connectivity index (χ4v) is 2.35. The van der Waals surface area contributed by atoms with Gasteiger partial charge in [0.15, 0.2) is 0 Å². The normalized spacial score (nSPS) is 19.3. The number of nitrogens with two attached hydrogens (primary N) is 1. The smallest absolute Gasteiger partial charge is 0.245 e. The third-order valence-corrected chi connectivity index (χ3v) is 3.44. The summed E-state index contributed by atoms with van der Waals surface area (Å²) < 4.78 is 5.44. The van der Waals surface area contributed by atoms with E-state index in [4.69, 9.17) is 10.5 Å². The summed E-state index contributed by atoms with van der Waals surface area (Å²) in [6.07, 6.45) is 0. The van der Waals surface area contributed by atoms with Gasteiger partial charge in [-0.25, -0.2) is 0 Å². The van der Waals surface area contributed by atoms with Gasteiger partial charge in [0.05, 0.1) is 13.2 Å². The quantitative estimate of drug-likeness (QED) is 0.796. The number of nitrogens with one attached hydrogen (secondary N) is 1. The number of benzene rings is 1. The highest BCUT2D eigenvalue weighted by molar-refractivity contribution is 5.86. The van der Waals surface area contributed by atoms with Crippen LogP contribution in [0.25, 0.3) is 0 Å². The maximum absolute atomic E-state index is 12.1. The van der Waals surface area contributed by atoms with Gasteiger partial charge in [-0.3, -0.25) is 4.79 Å². The number of amides is 1. The lowest BCUT2D eigenvalue weighted by Crippen LogP contribution is -2.54. The number of carbonyl (C=O) groups is 1. The van der Waals surface area contributed by atoms with Gasteiger partial charge in [-0.15, -0.1) is 0 Å². The first kappa shape index (κ1) is 13.7. The maximum Gasteiger partial charge on any atom is 0.245 e. The van der Waals surface area contributed by atoms with Crippen LogP contribution in [0.2, 0.25) is 0 Å². The lowest BCUT2D eigenvalue weighted by atomic mass is 10.1. The first-order chi connectivity index (χ1) is 9.15. The largest absolute Gasteiger partial charge is 0.398 e. The Balaban J connectivity index is 2.29. The van der Waals surface area contributed by atoms with Crippen molar-refractivity contribution in [1.29, 1.82) is 0 Å². The Morgan fingerprint density at radius 2 is 2.37 bits per heavy atom. The number of carbonyl (C=O) groups excluding carboxylic acids is 1. The molecule has 1 heterocycles. The molecule has 0 saturated carbocycles. The monoisotopic (exact) mass is 263 g/mol. The third-order valence-electron chi connectivity index (χ3n) is 3.44. The molecule has 1 aromatic rings. The van der Waals surface area contributed by atoms with E-state index in [9.17, 15) is 4.79 Å². The molecule has 0 bridgehead atoms. The molecule has 5 nitrogen and oxygen atoms in total. The molecule has 1 atom stereocenters. The predicted molar refractivity (Wildman–Crippen MR) is 76.2 cm³/mol. The van der Waals surface area contributed by atoms with Crippen LogP contribution in [0.5, 0.6) is 0 Å². The van der Waals surface area contributed by atoms with E-state index in [2.05, 4.69) is 10.2 Å². The molecule has 19 heavy (non-hydrogen) atoms. The van der Waals surface area contributed by atoms with Crippen molar-refractivity contribution in [1.82, 2.24) is 5.32 Å². The molecule has 1 aliphatic rings. The lowest BCUT2D eigenvalue weighted by molar-refractivity contribution is -0.124. The second kappa shape index (κ2) is 5.93. The molecular weight excluding hydrogens is 242 g/mol. The van der Waals surface area contributed by atoms with Crippen molar-refractivity contribution in [2.75, 3.05) is 36.9 Å². The summed E-state index contributed by atoms with van der Waals surface area (Å²) in [5.74, 6) is 0.00373. The highest BCUT2D eigenvalue weighted by Gasteiger charge is 2.30. The van der Waals surface area contributed by atoms with Crippen molar-refractivity contribution in [2.24, 2.45) is 0 Å². The van der Waals surface area contributed by atoms with Gasteiger partial charge in [0, 0.05) is 24.5 Å². The highest BCUT2D eigenvalue weighted by atomic mass is 16.5. The van der Waals surface area contributed by atoms with Gasteiger partial charge in [-0.05, 0) is 31.5 Å². The second-order valence-corrected chi connectivity index (χ2v) is 4.67. The first-order valence-electron chi connectivity index (χ1n) is 6.62. The second-order valence-electron chi connectivity index (χ2n) is 4.67. The molecule has 0 aliphatic carbocycles. The van der Waals surface area contributed by atoms with Crippen molar-refractivity contribution in [3.8, 4) is 0 Å². The summed E-state index contributed by atoms with van der Waals surface area (Å²) >= 11 is 0. The Labute approximate surface area is 113 Å². The molecule has 1 unspecified atom stereocenters.